The minimum Gasteiger partial charge on any atom is -0.479 e. The van der Waals surface area contributed by atoms with Crippen LogP contribution in [0.1, 0.15) is 52.9 Å². The summed E-state index contributed by atoms with van der Waals surface area (Å²) in [5.41, 5.74) is -1.05. The summed E-state index contributed by atoms with van der Waals surface area (Å²) in [5, 5.41) is 9.01. The second-order valence-corrected chi connectivity index (χ2v) is 4.92. The molecule has 1 N–H and O–H groups in total. The summed E-state index contributed by atoms with van der Waals surface area (Å²) in [6.45, 7) is 5.42. The Balaban J connectivity index is 2.58. The molecular weight excluding hydrogens is 192 g/mol. The van der Waals surface area contributed by atoms with E-state index in [0.717, 1.165) is 19.3 Å². The number of carboxylic acids is 1. The Hall–Kier alpha value is -0.570. The van der Waals surface area contributed by atoms with Gasteiger partial charge in [-0.2, -0.15) is 0 Å². The van der Waals surface area contributed by atoms with Crippen LogP contribution in [0.4, 0.5) is 0 Å². The van der Waals surface area contributed by atoms with Crippen LogP contribution in [0.25, 0.3) is 0 Å². The minimum absolute atomic E-state index is 0.134. The van der Waals surface area contributed by atoms with Gasteiger partial charge in [-0.25, -0.2) is 4.79 Å². The van der Waals surface area contributed by atoms with Gasteiger partial charge in [0, 0.05) is 0 Å². The molecule has 15 heavy (non-hydrogen) atoms. The molecule has 0 aromatic carbocycles. The molecule has 0 spiro atoms. The van der Waals surface area contributed by atoms with E-state index in [1.807, 2.05) is 0 Å². The molecule has 0 saturated heterocycles. The standard InChI is InChI=1S/C12H22O3/c1-4-9-7-5-6-8-10(9)15-12(2,3)11(13)14/h9-10H,4-8H2,1-3H3,(H,13,14). The predicted octanol–water partition coefficient (Wildman–Crippen LogP) is 2.84. The molecule has 88 valence electrons. The molecule has 2 unspecified atom stereocenters. The van der Waals surface area contributed by atoms with Crippen molar-refractivity contribution in [3.63, 3.8) is 0 Å². The molecule has 1 aliphatic carbocycles. The molecule has 0 aliphatic heterocycles. The van der Waals surface area contributed by atoms with Gasteiger partial charge in [-0.15, -0.1) is 0 Å². The van der Waals surface area contributed by atoms with E-state index in [-0.39, 0.29) is 6.10 Å². The maximum Gasteiger partial charge on any atom is 0.335 e. The zero-order chi connectivity index (χ0) is 11.5. The lowest BCUT2D eigenvalue weighted by Crippen LogP contribution is -2.42. The van der Waals surface area contributed by atoms with Gasteiger partial charge in [-0.05, 0) is 32.6 Å². The van der Waals surface area contributed by atoms with E-state index in [0.29, 0.717) is 5.92 Å². The Morgan fingerprint density at radius 2 is 2.00 bits per heavy atom. The van der Waals surface area contributed by atoms with Crippen molar-refractivity contribution in [3.8, 4) is 0 Å². The third-order valence-electron chi connectivity index (χ3n) is 3.32. The minimum atomic E-state index is -1.05. The fraction of sp³-hybridized carbons (Fsp3) is 0.917. The SMILES string of the molecule is CCC1CCCCC1OC(C)(C)C(=O)O. The van der Waals surface area contributed by atoms with Crippen molar-refractivity contribution in [2.75, 3.05) is 0 Å². The summed E-state index contributed by atoms with van der Waals surface area (Å²) in [4.78, 5) is 11.0. The van der Waals surface area contributed by atoms with Gasteiger partial charge in [-0.3, -0.25) is 0 Å². The average molecular weight is 214 g/mol. The molecule has 1 rings (SSSR count). The molecule has 1 saturated carbocycles. The van der Waals surface area contributed by atoms with E-state index < -0.39 is 11.6 Å². The van der Waals surface area contributed by atoms with Crippen LogP contribution in [0.3, 0.4) is 0 Å². The van der Waals surface area contributed by atoms with E-state index in [1.165, 1.54) is 12.8 Å². The molecule has 1 fully saturated rings. The quantitative estimate of drug-likeness (QED) is 0.782. The van der Waals surface area contributed by atoms with Crippen LogP contribution in [0.2, 0.25) is 0 Å². The summed E-state index contributed by atoms with van der Waals surface area (Å²) in [6, 6.07) is 0. The van der Waals surface area contributed by atoms with Crippen molar-refractivity contribution in [1.29, 1.82) is 0 Å². The number of carbonyl (C=O) groups is 1. The number of rotatable bonds is 4. The van der Waals surface area contributed by atoms with Gasteiger partial charge in [0.25, 0.3) is 0 Å². The van der Waals surface area contributed by atoms with Crippen molar-refractivity contribution >= 4 is 5.97 Å². The van der Waals surface area contributed by atoms with Crippen LogP contribution in [-0.4, -0.2) is 22.8 Å². The predicted molar refractivity (Wildman–Crippen MR) is 58.8 cm³/mol. The average Bonchev–Trinajstić information content (AvgIpc) is 2.18. The van der Waals surface area contributed by atoms with E-state index in [1.54, 1.807) is 13.8 Å². The Bertz CT molecular complexity index is 223. The van der Waals surface area contributed by atoms with Gasteiger partial charge in [0.2, 0.25) is 0 Å². The highest BCUT2D eigenvalue weighted by atomic mass is 16.5. The summed E-state index contributed by atoms with van der Waals surface area (Å²) in [5.74, 6) is -0.333. The van der Waals surface area contributed by atoms with Crippen LogP contribution in [0, 0.1) is 5.92 Å². The Morgan fingerprint density at radius 3 is 2.53 bits per heavy atom. The first-order valence-corrected chi connectivity index (χ1v) is 5.88. The van der Waals surface area contributed by atoms with Gasteiger partial charge in [0.05, 0.1) is 6.10 Å². The molecule has 0 aromatic rings. The van der Waals surface area contributed by atoms with E-state index >= 15 is 0 Å². The van der Waals surface area contributed by atoms with Crippen molar-refractivity contribution in [2.24, 2.45) is 5.92 Å². The van der Waals surface area contributed by atoms with Crippen molar-refractivity contribution < 1.29 is 14.6 Å². The van der Waals surface area contributed by atoms with Crippen LogP contribution >= 0.6 is 0 Å². The highest BCUT2D eigenvalue weighted by molar-refractivity contribution is 5.76. The van der Waals surface area contributed by atoms with Gasteiger partial charge >= 0.3 is 5.97 Å². The van der Waals surface area contributed by atoms with Gasteiger partial charge < -0.3 is 9.84 Å². The second-order valence-electron chi connectivity index (χ2n) is 4.92. The summed E-state index contributed by atoms with van der Waals surface area (Å²) in [7, 11) is 0. The van der Waals surface area contributed by atoms with E-state index in [9.17, 15) is 4.79 Å². The molecule has 0 amide bonds. The number of hydrogen-bond acceptors (Lipinski definition) is 2. The van der Waals surface area contributed by atoms with E-state index in [4.69, 9.17) is 9.84 Å². The van der Waals surface area contributed by atoms with Crippen molar-refractivity contribution in [3.05, 3.63) is 0 Å². The number of carboxylic acid groups (broad SMARTS) is 1. The fourth-order valence-electron chi connectivity index (χ4n) is 2.22. The maximum absolute atomic E-state index is 11.0. The molecule has 3 nitrogen and oxygen atoms in total. The highest BCUT2D eigenvalue weighted by Gasteiger charge is 2.35. The summed E-state index contributed by atoms with van der Waals surface area (Å²) in [6.07, 6.45) is 5.82. The van der Waals surface area contributed by atoms with Crippen LogP contribution in [0.5, 0.6) is 0 Å². The zero-order valence-electron chi connectivity index (χ0n) is 9.95. The van der Waals surface area contributed by atoms with E-state index in [2.05, 4.69) is 6.92 Å². The molecule has 3 heteroatoms. The van der Waals surface area contributed by atoms with Gasteiger partial charge in [0.15, 0.2) is 5.60 Å². The largest absolute Gasteiger partial charge is 0.479 e. The van der Waals surface area contributed by atoms with Gasteiger partial charge in [0.1, 0.15) is 0 Å². The Labute approximate surface area is 91.8 Å². The topological polar surface area (TPSA) is 46.5 Å². The van der Waals surface area contributed by atoms with Crippen LogP contribution in [-0.2, 0) is 9.53 Å². The molecule has 2 atom stereocenters. The summed E-state index contributed by atoms with van der Waals surface area (Å²) < 4.78 is 5.74. The molecule has 0 bridgehead atoms. The molecule has 0 aromatic heterocycles. The normalized spacial score (nSPS) is 27.7. The van der Waals surface area contributed by atoms with Crippen molar-refractivity contribution in [1.82, 2.24) is 0 Å². The second kappa shape index (κ2) is 4.97. The third-order valence-corrected chi connectivity index (χ3v) is 3.32. The van der Waals surface area contributed by atoms with Gasteiger partial charge in [-0.1, -0.05) is 26.2 Å². The lowest BCUT2D eigenvalue weighted by Gasteiger charge is -2.35. The lowest BCUT2D eigenvalue weighted by atomic mass is 9.84. The monoisotopic (exact) mass is 214 g/mol. The first kappa shape index (κ1) is 12.5. The highest BCUT2D eigenvalue weighted by Crippen LogP contribution is 2.31. The summed E-state index contributed by atoms with van der Waals surface area (Å²) >= 11 is 0. The number of ether oxygens (including phenoxy) is 1. The lowest BCUT2D eigenvalue weighted by molar-refractivity contribution is -0.174. The van der Waals surface area contributed by atoms with Crippen LogP contribution < -0.4 is 0 Å². The van der Waals surface area contributed by atoms with Crippen LogP contribution in [0.15, 0.2) is 0 Å². The molecular formula is C12H22O3. The smallest absolute Gasteiger partial charge is 0.335 e. The molecule has 0 radical (unpaired) electrons. The Morgan fingerprint density at radius 1 is 1.40 bits per heavy atom. The Kier molecular flexibility index (Phi) is 4.14. The first-order valence-electron chi connectivity index (χ1n) is 5.88. The molecule has 1 aliphatic rings. The fourth-order valence-corrected chi connectivity index (χ4v) is 2.22. The number of aliphatic carboxylic acids is 1. The van der Waals surface area contributed by atoms with Crippen molar-refractivity contribution in [2.45, 2.75) is 64.6 Å². The number of hydrogen-bond donors (Lipinski definition) is 1. The molecule has 0 heterocycles. The maximum atomic E-state index is 11.0. The first-order chi connectivity index (χ1) is 6.97. The zero-order valence-corrected chi connectivity index (χ0v) is 9.95. The third kappa shape index (κ3) is 3.20.